The molecule has 4 rings (SSSR count). The number of hydrogen-bond donors (Lipinski definition) is 1. The Morgan fingerprint density at radius 2 is 2.03 bits per heavy atom. The fraction of sp³-hybridized carbons (Fsp3) is 0.760. The predicted octanol–water partition coefficient (Wildman–Crippen LogP) is 5.79. The van der Waals surface area contributed by atoms with Crippen molar-refractivity contribution >= 4 is 24.4 Å². The van der Waals surface area contributed by atoms with Crippen molar-refractivity contribution in [3.8, 4) is 0 Å². The van der Waals surface area contributed by atoms with E-state index in [1.54, 1.807) is 12.2 Å². The Kier molecular flexibility index (Phi) is 5.32. The molecule has 0 spiro atoms. The number of esters is 1. The first kappa shape index (κ1) is 22.1. The summed E-state index contributed by atoms with van der Waals surface area (Å²) < 4.78 is 23.1. The Morgan fingerprint density at radius 1 is 1.30 bits per heavy atom. The molecule has 0 saturated heterocycles. The van der Waals surface area contributed by atoms with Crippen LogP contribution in [0.4, 0.5) is 4.39 Å². The normalized spacial score (nSPS) is 47.2. The molecule has 0 amide bonds. The lowest BCUT2D eigenvalue weighted by Gasteiger charge is -2.63. The van der Waals surface area contributed by atoms with Crippen molar-refractivity contribution in [2.45, 2.75) is 95.6 Å². The zero-order chi connectivity index (χ0) is 21.9. The topological polar surface area (TPSA) is 43.4 Å². The van der Waals surface area contributed by atoms with Crippen molar-refractivity contribution in [1.82, 2.24) is 0 Å². The van der Waals surface area contributed by atoms with Crippen LogP contribution in [0, 0.1) is 22.7 Å². The lowest BCUT2D eigenvalue weighted by molar-refractivity contribution is -0.211. The highest BCUT2D eigenvalue weighted by Gasteiger charge is 2.73. The number of rotatable bonds is 4. The average Bonchev–Trinajstić information content (AvgIpc) is 2.93. The minimum absolute atomic E-state index is 0.0796. The molecule has 4 aliphatic rings. The molecule has 3 nitrogen and oxygen atoms in total. The number of halogens is 1. The van der Waals surface area contributed by atoms with Crippen LogP contribution in [-0.4, -0.2) is 28.3 Å². The van der Waals surface area contributed by atoms with E-state index in [9.17, 15) is 9.59 Å². The maximum Gasteiger partial charge on any atom is 0.303 e. The number of alkyl halides is 1. The van der Waals surface area contributed by atoms with E-state index in [0.29, 0.717) is 12.8 Å². The van der Waals surface area contributed by atoms with Crippen LogP contribution in [0.3, 0.4) is 0 Å². The van der Waals surface area contributed by atoms with Crippen molar-refractivity contribution in [3.05, 3.63) is 23.8 Å². The third kappa shape index (κ3) is 2.83. The summed E-state index contributed by atoms with van der Waals surface area (Å²) in [4.78, 5) is 24.1. The van der Waals surface area contributed by atoms with Crippen LogP contribution in [0.5, 0.6) is 0 Å². The van der Waals surface area contributed by atoms with Gasteiger partial charge in [-0.3, -0.25) is 9.59 Å². The molecule has 3 saturated carbocycles. The summed E-state index contributed by atoms with van der Waals surface area (Å²) in [6, 6.07) is 0. The van der Waals surface area contributed by atoms with Crippen LogP contribution in [0.2, 0.25) is 0 Å². The van der Waals surface area contributed by atoms with Crippen molar-refractivity contribution in [3.63, 3.8) is 0 Å². The highest BCUT2D eigenvalue weighted by Crippen LogP contribution is 2.71. The van der Waals surface area contributed by atoms with E-state index in [4.69, 9.17) is 17.4 Å². The molecular weight excluding hydrogens is 399 g/mol. The van der Waals surface area contributed by atoms with Crippen molar-refractivity contribution in [1.29, 1.82) is 0 Å². The standard InChI is InChI=1S/C25H35FO3S/c1-5-6-11-24(30)13-10-19-20-8-7-17-14-18(28)9-12-22(17,3)25(20,26)21(29-16(2)27)15-23(19,24)4/h9,12,14,19-21,30H,5-8,10-11,13,15H2,1-4H3/t19-,20-,21-,22-,23-,24+,25?/m0/s1. The Hall–Kier alpha value is -1.10. The first-order valence-corrected chi connectivity index (χ1v) is 12.0. The van der Waals surface area contributed by atoms with Gasteiger partial charge in [-0.2, -0.15) is 12.6 Å². The SMILES string of the molecule is CCCC[C@@]1(S)CC[C@H]2[C@@H]3CCC4=CC(=O)C=C[C@]4(C)C3(F)[C@@H](OC(C)=O)C[C@@]21C. The van der Waals surface area contributed by atoms with Crippen LogP contribution in [0.25, 0.3) is 0 Å². The number of unbranched alkanes of at least 4 members (excludes halogenated alkanes) is 1. The first-order chi connectivity index (χ1) is 14.0. The van der Waals surface area contributed by atoms with Gasteiger partial charge in [0.25, 0.3) is 0 Å². The fourth-order valence-electron chi connectivity index (χ4n) is 7.48. The first-order valence-electron chi connectivity index (χ1n) is 11.5. The Bertz CT molecular complexity index is 821. The van der Waals surface area contributed by atoms with Crippen LogP contribution >= 0.6 is 12.6 Å². The summed E-state index contributed by atoms with van der Waals surface area (Å²) in [5, 5.41) is 0. The van der Waals surface area contributed by atoms with E-state index in [2.05, 4.69) is 13.8 Å². The van der Waals surface area contributed by atoms with E-state index in [1.165, 1.54) is 13.0 Å². The molecule has 0 aromatic rings. The van der Waals surface area contributed by atoms with Gasteiger partial charge in [0.15, 0.2) is 11.5 Å². The van der Waals surface area contributed by atoms with Gasteiger partial charge in [0.1, 0.15) is 6.10 Å². The van der Waals surface area contributed by atoms with Gasteiger partial charge >= 0.3 is 5.97 Å². The molecule has 0 bridgehead atoms. The number of ketones is 1. The van der Waals surface area contributed by atoms with Crippen molar-refractivity contribution < 1.29 is 18.7 Å². The molecule has 0 heterocycles. The van der Waals surface area contributed by atoms with Crippen LogP contribution in [-0.2, 0) is 14.3 Å². The van der Waals surface area contributed by atoms with E-state index in [-0.39, 0.29) is 27.8 Å². The number of thiol groups is 1. The molecule has 5 heteroatoms. The van der Waals surface area contributed by atoms with Gasteiger partial charge in [0, 0.05) is 23.0 Å². The third-order valence-electron chi connectivity index (χ3n) is 9.19. The Balaban J connectivity index is 1.82. The summed E-state index contributed by atoms with van der Waals surface area (Å²) in [5.74, 6) is -0.530. The van der Waals surface area contributed by atoms with Gasteiger partial charge in [-0.1, -0.05) is 38.3 Å². The molecule has 0 N–H and O–H groups in total. The summed E-state index contributed by atoms with van der Waals surface area (Å²) in [5.41, 5.74) is -1.97. The van der Waals surface area contributed by atoms with Crippen molar-refractivity contribution in [2.24, 2.45) is 22.7 Å². The second kappa shape index (κ2) is 7.21. The smallest absolute Gasteiger partial charge is 0.303 e. The zero-order valence-corrected chi connectivity index (χ0v) is 19.6. The van der Waals surface area contributed by atoms with Gasteiger partial charge in [-0.15, -0.1) is 0 Å². The monoisotopic (exact) mass is 434 g/mol. The summed E-state index contributed by atoms with van der Waals surface area (Å²) >= 11 is 5.23. The molecule has 0 aromatic heterocycles. The van der Waals surface area contributed by atoms with Gasteiger partial charge in [-0.05, 0) is 68.9 Å². The molecule has 166 valence electrons. The number of hydrogen-bond acceptors (Lipinski definition) is 4. The molecule has 4 aliphatic carbocycles. The summed E-state index contributed by atoms with van der Waals surface area (Å²) in [6.07, 6.45) is 11.1. The van der Waals surface area contributed by atoms with Gasteiger partial charge in [-0.25, -0.2) is 4.39 Å². The second-order valence-corrected chi connectivity index (χ2v) is 11.4. The van der Waals surface area contributed by atoms with Crippen LogP contribution in [0.15, 0.2) is 23.8 Å². The molecule has 0 aliphatic heterocycles. The molecule has 7 atom stereocenters. The lowest BCUT2D eigenvalue weighted by Crippen LogP contribution is -2.68. The number of fused-ring (bicyclic) bond motifs is 5. The van der Waals surface area contributed by atoms with Crippen LogP contribution < -0.4 is 0 Å². The number of carbonyl (C=O) groups excluding carboxylic acids is 2. The van der Waals surface area contributed by atoms with E-state index < -0.39 is 23.2 Å². The number of allylic oxidation sites excluding steroid dienone is 4. The molecule has 3 fully saturated rings. The van der Waals surface area contributed by atoms with Gasteiger partial charge in [0.2, 0.25) is 0 Å². The highest BCUT2D eigenvalue weighted by atomic mass is 32.1. The largest absolute Gasteiger partial charge is 0.459 e. The second-order valence-electron chi connectivity index (χ2n) is 10.5. The number of carbonyl (C=O) groups is 2. The highest BCUT2D eigenvalue weighted by molar-refractivity contribution is 7.81. The van der Waals surface area contributed by atoms with Crippen molar-refractivity contribution in [2.75, 3.05) is 0 Å². The van der Waals surface area contributed by atoms with E-state index in [1.807, 2.05) is 6.92 Å². The van der Waals surface area contributed by atoms with Gasteiger partial charge in [0.05, 0.1) is 0 Å². The van der Waals surface area contributed by atoms with E-state index >= 15 is 4.39 Å². The zero-order valence-electron chi connectivity index (χ0n) is 18.7. The molecular formula is C25H35FO3S. The molecule has 1 unspecified atom stereocenters. The molecule has 0 radical (unpaired) electrons. The maximum atomic E-state index is 17.5. The Morgan fingerprint density at radius 3 is 2.70 bits per heavy atom. The minimum Gasteiger partial charge on any atom is -0.459 e. The predicted molar refractivity (Wildman–Crippen MR) is 119 cm³/mol. The molecule has 30 heavy (non-hydrogen) atoms. The van der Waals surface area contributed by atoms with Gasteiger partial charge < -0.3 is 4.74 Å². The molecule has 0 aromatic carbocycles. The van der Waals surface area contributed by atoms with Crippen LogP contribution in [0.1, 0.15) is 79.1 Å². The Labute approximate surface area is 185 Å². The third-order valence-corrected chi connectivity index (χ3v) is 10.1. The maximum absolute atomic E-state index is 17.5. The van der Waals surface area contributed by atoms with E-state index in [0.717, 1.165) is 44.1 Å². The average molecular weight is 435 g/mol. The quantitative estimate of drug-likeness (QED) is 0.450. The fourth-order valence-corrected chi connectivity index (χ4v) is 8.02. The number of ether oxygens (including phenoxy) is 1. The lowest BCUT2D eigenvalue weighted by atomic mass is 9.45. The summed E-state index contributed by atoms with van der Waals surface area (Å²) in [7, 11) is 0. The summed E-state index contributed by atoms with van der Waals surface area (Å²) in [6.45, 7) is 7.71. The minimum atomic E-state index is -1.71.